The Bertz CT molecular complexity index is 398. The highest BCUT2D eigenvalue weighted by molar-refractivity contribution is 9.10. The van der Waals surface area contributed by atoms with Gasteiger partial charge in [-0.15, -0.1) is 0 Å². The maximum absolute atomic E-state index is 7.24. The minimum Gasteiger partial charge on any atom is -0.261 e. The van der Waals surface area contributed by atoms with Gasteiger partial charge in [0.05, 0.1) is 6.20 Å². The van der Waals surface area contributed by atoms with Crippen LogP contribution >= 0.6 is 15.9 Å². The van der Waals surface area contributed by atoms with Gasteiger partial charge in [0.2, 0.25) is 0 Å². The molecule has 0 radical (unpaired) electrons. The predicted molar refractivity (Wildman–Crippen MR) is 41.6 cm³/mol. The Balaban J connectivity index is 2.86. The van der Waals surface area contributed by atoms with Gasteiger partial charge in [0.15, 0.2) is 7.06 Å². The lowest BCUT2D eigenvalue weighted by Gasteiger charge is -1.86. The van der Waals surface area contributed by atoms with Crippen molar-refractivity contribution in [3.8, 4) is 0 Å². The van der Waals surface area contributed by atoms with Crippen molar-refractivity contribution in [2.45, 2.75) is 0 Å². The molecule has 0 bridgehead atoms. The number of rotatable bonds is 0. The lowest BCUT2D eigenvalue weighted by Crippen LogP contribution is -1.74. The van der Waals surface area contributed by atoms with Crippen LogP contribution in [0.2, 0.25) is 1.41 Å². The second kappa shape index (κ2) is 2.05. The van der Waals surface area contributed by atoms with E-state index >= 15 is 0 Å². The molecule has 0 amide bonds. The molecule has 0 aliphatic heterocycles. The standard InChI is InChI=1S/C6H4BrN3/c7-5-1-4-2-9-10-6(4)8-3-5/h1-3H,(H,8,9,10)/i/hD. The van der Waals surface area contributed by atoms with Crippen molar-refractivity contribution in [1.82, 2.24) is 15.2 Å². The molecule has 0 saturated heterocycles. The maximum Gasteiger partial charge on any atom is 0.192 e. The third-order valence-electron chi connectivity index (χ3n) is 1.21. The highest BCUT2D eigenvalue weighted by Gasteiger charge is 1.94. The molecule has 2 rings (SSSR count). The Kier molecular flexibility index (Phi) is 0.995. The Morgan fingerprint density at radius 1 is 1.60 bits per heavy atom. The second-order valence-electron chi connectivity index (χ2n) is 1.91. The van der Waals surface area contributed by atoms with E-state index in [1.807, 2.05) is 6.07 Å². The molecular weight excluding hydrogens is 194 g/mol. The Morgan fingerprint density at radius 2 is 2.50 bits per heavy atom. The number of hydrogen-bond donors (Lipinski definition) is 1. The molecule has 3 nitrogen and oxygen atoms in total. The second-order valence-corrected chi connectivity index (χ2v) is 2.83. The van der Waals surface area contributed by atoms with E-state index < -0.39 is 0 Å². The van der Waals surface area contributed by atoms with Crippen molar-refractivity contribution in [1.29, 1.82) is 0 Å². The van der Waals surface area contributed by atoms with Crippen molar-refractivity contribution in [3.05, 3.63) is 22.9 Å². The van der Waals surface area contributed by atoms with Crippen molar-refractivity contribution in [2.24, 2.45) is 0 Å². The normalized spacial score (nSPS) is 11.9. The highest BCUT2D eigenvalue weighted by Crippen LogP contribution is 2.13. The summed E-state index contributed by atoms with van der Waals surface area (Å²) in [6.07, 6.45) is 3.26. The zero-order valence-corrected chi connectivity index (χ0v) is 6.54. The van der Waals surface area contributed by atoms with Crippen molar-refractivity contribution in [3.63, 3.8) is 0 Å². The summed E-state index contributed by atoms with van der Waals surface area (Å²) in [4.78, 5) is 4.01. The van der Waals surface area contributed by atoms with E-state index in [9.17, 15) is 0 Å². The summed E-state index contributed by atoms with van der Waals surface area (Å²) in [5, 5.41) is 5.61. The van der Waals surface area contributed by atoms with Gasteiger partial charge in [-0.3, -0.25) is 5.09 Å². The van der Waals surface area contributed by atoms with Gasteiger partial charge in [-0.1, -0.05) is 0 Å². The smallest absolute Gasteiger partial charge is 0.192 e. The molecule has 4 heteroatoms. The molecule has 0 atom stereocenters. The van der Waals surface area contributed by atoms with Crippen LogP contribution < -0.4 is 0 Å². The molecule has 0 aliphatic rings. The first-order valence-electron chi connectivity index (χ1n) is 3.20. The molecule has 50 valence electrons. The number of fused-ring (bicyclic) bond motifs is 1. The summed E-state index contributed by atoms with van der Waals surface area (Å²) >= 11 is 3.28. The van der Waals surface area contributed by atoms with Gasteiger partial charge in [0.1, 0.15) is 0 Å². The summed E-state index contributed by atoms with van der Waals surface area (Å²) in [5.74, 6) is 0. The largest absolute Gasteiger partial charge is 0.261 e. The van der Waals surface area contributed by atoms with Crippen molar-refractivity contribution < 1.29 is 1.41 Å². The number of H-pyrrole nitrogens is 1. The third kappa shape index (κ3) is 0.806. The Morgan fingerprint density at radius 3 is 3.40 bits per heavy atom. The summed E-state index contributed by atoms with van der Waals surface area (Å²) in [5.41, 5.74) is 0.577. The molecule has 0 aliphatic carbocycles. The topological polar surface area (TPSA) is 41.6 Å². The number of pyridine rings is 1. The minimum atomic E-state index is 0.577. The number of nitrogens with zero attached hydrogens (tertiary/aromatic N) is 2. The van der Waals surface area contributed by atoms with Crippen molar-refractivity contribution >= 4 is 27.0 Å². The Labute approximate surface area is 67.1 Å². The zero-order chi connectivity index (χ0) is 7.84. The van der Waals surface area contributed by atoms with Crippen LogP contribution in [0.3, 0.4) is 0 Å². The summed E-state index contributed by atoms with van der Waals surface area (Å²) < 4.78 is 8.14. The maximum atomic E-state index is 7.24. The van der Waals surface area contributed by atoms with E-state index in [2.05, 4.69) is 26.0 Å². The van der Waals surface area contributed by atoms with Gasteiger partial charge < -0.3 is 0 Å². The monoisotopic (exact) mass is 198 g/mol. The number of halogens is 1. The quantitative estimate of drug-likeness (QED) is 0.701. The number of aromatic amines is 1. The summed E-state index contributed by atoms with van der Waals surface area (Å²) in [6.45, 7) is 0. The highest BCUT2D eigenvalue weighted by atomic mass is 79.9. The fourth-order valence-corrected chi connectivity index (χ4v) is 1.12. The Hall–Kier alpha value is -0.900. The third-order valence-corrected chi connectivity index (χ3v) is 1.64. The molecule has 0 aromatic carbocycles. The van der Waals surface area contributed by atoms with Crippen LogP contribution in [0.15, 0.2) is 22.9 Å². The molecule has 2 heterocycles. The van der Waals surface area contributed by atoms with Crippen LogP contribution in [-0.4, -0.2) is 15.2 Å². The molecule has 1 N–H and O–H groups in total. The molecule has 10 heavy (non-hydrogen) atoms. The SMILES string of the molecule is [2H]n1ncc2cc(Br)cnc21. The fourth-order valence-electron chi connectivity index (χ4n) is 0.772. The first-order valence-corrected chi connectivity index (χ1v) is 3.55. The molecule has 2 aromatic heterocycles. The van der Waals surface area contributed by atoms with E-state index in [1.54, 1.807) is 12.4 Å². The van der Waals surface area contributed by atoms with Crippen LogP contribution in [-0.2, 0) is 0 Å². The van der Waals surface area contributed by atoms with E-state index in [-0.39, 0.29) is 0 Å². The average Bonchev–Trinajstić information content (AvgIpc) is 2.32. The fraction of sp³-hybridized carbons (Fsp3) is 0. The number of aromatic nitrogens is 3. The molecule has 0 unspecified atom stereocenters. The lowest BCUT2D eigenvalue weighted by molar-refractivity contribution is 1.10. The average molecular weight is 199 g/mol. The van der Waals surface area contributed by atoms with Gasteiger partial charge >= 0.3 is 0 Å². The van der Waals surface area contributed by atoms with E-state index in [1.165, 1.54) is 0 Å². The van der Waals surface area contributed by atoms with Crippen LogP contribution in [0.1, 0.15) is 0 Å². The lowest BCUT2D eigenvalue weighted by atomic mass is 10.4. The minimum absolute atomic E-state index is 0.577. The van der Waals surface area contributed by atoms with Crippen LogP contribution in [0.5, 0.6) is 0 Å². The van der Waals surface area contributed by atoms with Gasteiger partial charge in [-0.25, -0.2) is 4.98 Å². The zero-order valence-electron chi connectivity index (χ0n) is 5.95. The van der Waals surface area contributed by atoms with Gasteiger partial charge in [0, 0.05) is 16.1 Å². The van der Waals surface area contributed by atoms with Gasteiger partial charge in [-0.05, 0) is 22.0 Å². The molecule has 0 saturated carbocycles. The number of nitrogens with one attached hydrogen (secondary N) is 1. The molecule has 0 spiro atoms. The molecule has 0 fully saturated rings. The van der Waals surface area contributed by atoms with Gasteiger partial charge in [-0.2, -0.15) is 5.10 Å². The van der Waals surface area contributed by atoms with E-state index in [4.69, 9.17) is 1.41 Å². The first-order chi connectivity index (χ1) is 5.27. The predicted octanol–water partition coefficient (Wildman–Crippen LogP) is 1.72. The first kappa shape index (κ1) is 4.85. The summed E-state index contributed by atoms with van der Waals surface area (Å²) in [6, 6.07) is 1.88. The molecule has 2 aromatic rings. The van der Waals surface area contributed by atoms with Gasteiger partial charge in [0.25, 0.3) is 0 Å². The van der Waals surface area contributed by atoms with Crippen LogP contribution in [0.4, 0.5) is 0 Å². The van der Waals surface area contributed by atoms with E-state index in [0.717, 1.165) is 15.0 Å². The van der Waals surface area contributed by atoms with E-state index in [0.29, 0.717) is 5.65 Å². The van der Waals surface area contributed by atoms with Crippen molar-refractivity contribution in [2.75, 3.05) is 0 Å². The summed E-state index contributed by atoms with van der Waals surface area (Å²) in [7, 11) is 0. The van der Waals surface area contributed by atoms with Crippen LogP contribution in [0.25, 0.3) is 11.0 Å². The number of hydrogen-bond acceptors (Lipinski definition) is 2. The van der Waals surface area contributed by atoms with Crippen LogP contribution in [0, 0.1) is 0 Å². The molecular formula is C6H4BrN3.